The molecule has 128 valence electrons. The van der Waals surface area contributed by atoms with Crippen LogP contribution < -0.4 is 0 Å². The van der Waals surface area contributed by atoms with Crippen molar-refractivity contribution in [3.05, 3.63) is 0 Å². The van der Waals surface area contributed by atoms with Crippen molar-refractivity contribution in [2.24, 2.45) is 0 Å². The second-order valence-corrected chi connectivity index (χ2v) is 11.5. The molecule has 0 aromatic rings. The Balaban J connectivity index is 1.67. The highest BCUT2D eigenvalue weighted by Gasteiger charge is 2.46. The molecule has 1 saturated heterocycles. The molecule has 0 N–H and O–H groups in total. The SMILES string of the molecule is CCCCCCN1C2CCC(Br)CC2SC2CC(Br)CCC21. The van der Waals surface area contributed by atoms with Crippen molar-refractivity contribution in [1.29, 1.82) is 0 Å². The fraction of sp³-hybridized carbons (Fsp3) is 1.00. The molecule has 0 bridgehead atoms. The molecule has 1 heterocycles. The van der Waals surface area contributed by atoms with Gasteiger partial charge in [0.1, 0.15) is 0 Å². The fourth-order valence-electron chi connectivity index (χ4n) is 4.70. The zero-order valence-corrected chi connectivity index (χ0v) is 17.8. The van der Waals surface area contributed by atoms with E-state index in [1.54, 1.807) is 0 Å². The van der Waals surface area contributed by atoms with Gasteiger partial charge >= 0.3 is 0 Å². The smallest absolute Gasteiger partial charge is 0.0219 e. The molecular formula is C18H31Br2NS. The topological polar surface area (TPSA) is 3.24 Å². The number of fused-ring (bicyclic) bond motifs is 2. The molecule has 6 atom stereocenters. The molecule has 1 nitrogen and oxygen atoms in total. The minimum absolute atomic E-state index is 0.767. The highest BCUT2D eigenvalue weighted by Crippen LogP contribution is 2.48. The van der Waals surface area contributed by atoms with Crippen molar-refractivity contribution in [3.8, 4) is 0 Å². The van der Waals surface area contributed by atoms with Crippen LogP contribution in [0.3, 0.4) is 0 Å². The zero-order chi connectivity index (χ0) is 15.5. The normalized spacial score (nSPS) is 42.7. The number of unbranched alkanes of at least 4 members (excludes halogenated alkanes) is 3. The third kappa shape index (κ3) is 4.26. The average molecular weight is 453 g/mol. The van der Waals surface area contributed by atoms with Gasteiger partial charge in [0.25, 0.3) is 0 Å². The molecule has 4 heteroatoms. The van der Waals surface area contributed by atoms with Gasteiger partial charge in [-0.15, -0.1) is 0 Å². The van der Waals surface area contributed by atoms with Gasteiger partial charge in [0.2, 0.25) is 0 Å². The molecule has 0 spiro atoms. The maximum absolute atomic E-state index is 3.90. The lowest BCUT2D eigenvalue weighted by Crippen LogP contribution is -2.60. The lowest BCUT2D eigenvalue weighted by atomic mass is 9.87. The zero-order valence-electron chi connectivity index (χ0n) is 13.9. The third-order valence-corrected chi connectivity index (χ3v) is 9.23. The van der Waals surface area contributed by atoms with Gasteiger partial charge in [-0.05, 0) is 51.5 Å². The molecule has 2 saturated carbocycles. The van der Waals surface area contributed by atoms with Crippen LogP contribution in [-0.2, 0) is 0 Å². The Bertz CT molecular complexity index is 328. The number of rotatable bonds is 5. The van der Waals surface area contributed by atoms with Crippen molar-refractivity contribution in [2.45, 2.75) is 103 Å². The van der Waals surface area contributed by atoms with Crippen molar-refractivity contribution < 1.29 is 0 Å². The van der Waals surface area contributed by atoms with Gasteiger partial charge in [-0.25, -0.2) is 0 Å². The standard InChI is InChI=1S/C18H31Br2NS/c1-2-3-4-5-10-21-15-8-6-13(19)11-17(15)22-18-12-14(20)7-9-16(18)21/h13-18H,2-12H2,1H3. The largest absolute Gasteiger partial charge is 0.295 e. The fourth-order valence-corrected chi connectivity index (χ4v) is 8.62. The molecule has 22 heavy (non-hydrogen) atoms. The Morgan fingerprint density at radius 3 is 2.00 bits per heavy atom. The Morgan fingerprint density at radius 1 is 0.864 bits per heavy atom. The lowest BCUT2D eigenvalue weighted by Gasteiger charge is -2.54. The molecule has 2 aliphatic carbocycles. The number of hydrogen-bond donors (Lipinski definition) is 0. The highest BCUT2D eigenvalue weighted by atomic mass is 79.9. The average Bonchev–Trinajstić information content (AvgIpc) is 2.50. The summed E-state index contributed by atoms with van der Waals surface area (Å²) in [5, 5.41) is 1.76. The van der Waals surface area contributed by atoms with E-state index >= 15 is 0 Å². The second-order valence-electron chi connectivity index (χ2n) is 7.47. The minimum atomic E-state index is 0.767. The van der Waals surface area contributed by atoms with Crippen molar-refractivity contribution in [3.63, 3.8) is 0 Å². The van der Waals surface area contributed by atoms with E-state index in [1.807, 2.05) is 0 Å². The van der Waals surface area contributed by atoms with Crippen molar-refractivity contribution in [2.75, 3.05) is 6.54 Å². The molecule has 6 unspecified atom stereocenters. The van der Waals surface area contributed by atoms with E-state index in [-0.39, 0.29) is 0 Å². The molecule has 0 aromatic heterocycles. The molecule has 0 radical (unpaired) electrons. The first-order chi connectivity index (χ1) is 10.7. The summed E-state index contributed by atoms with van der Waals surface area (Å²) in [6.45, 7) is 3.68. The van der Waals surface area contributed by atoms with E-state index < -0.39 is 0 Å². The maximum atomic E-state index is 3.90. The number of alkyl halides is 2. The van der Waals surface area contributed by atoms with Gasteiger partial charge in [-0.2, -0.15) is 11.8 Å². The van der Waals surface area contributed by atoms with E-state index in [0.717, 1.165) is 32.2 Å². The van der Waals surface area contributed by atoms with Crippen LogP contribution in [0.15, 0.2) is 0 Å². The molecule has 0 aromatic carbocycles. The first-order valence-electron chi connectivity index (χ1n) is 9.38. The van der Waals surface area contributed by atoms with Gasteiger partial charge in [0.15, 0.2) is 0 Å². The molecule has 3 aliphatic rings. The van der Waals surface area contributed by atoms with Crippen LogP contribution in [0, 0.1) is 0 Å². The summed E-state index contributed by atoms with van der Waals surface area (Å²) < 4.78 is 0. The number of thioether (sulfide) groups is 1. The highest BCUT2D eigenvalue weighted by molar-refractivity contribution is 9.09. The molecular weight excluding hydrogens is 422 g/mol. The predicted molar refractivity (Wildman–Crippen MR) is 107 cm³/mol. The Hall–Kier alpha value is 1.27. The van der Waals surface area contributed by atoms with Crippen LogP contribution in [-0.4, -0.2) is 43.7 Å². The molecule has 1 aliphatic heterocycles. The van der Waals surface area contributed by atoms with Crippen LogP contribution >= 0.6 is 43.6 Å². The van der Waals surface area contributed by atoms with Crippen molar-refractivity contribution in [1.82, 2.24) is 4.90 Å². The Labute approximate surface area is 158 Å². The van der Waals surface area contributed by atoms with Crippen molar-refractivity contribution >= 4 is 43.6 Å². The summed E-state index contributed by atoms with van der Waals surface area (Å²) in [6.07, 6.45) is 14.0. The summed E-state index contributed by atoms with van der Waals surface area (Å²) in [6, 6.07) is 1.74. The molecule has 3 rings (SSSR count). The van der Waals surface area contributed by atoms with Crippen LogP contribution in [0.25, 0.3) is 0 Å². The van der Waals surface area contributed by atoms with E-state index in [9.17, 15) is 0 Å². The van der Waals surface area contributed by atoms with Gasteiger partial charge in [0, 0.05) is 32.2 Å². The van der Waals surface area contributed by atoms with E-state index in [2.05, 4.69) is 55.4 Å². The quantitative estimate of drug-likeness (QED) is 0.372. The van der Waals surface area contributed by atoms with Gasteiger partial charge < -0.3 is 0 Å². The van der Waals surface area contributed by atoms with E-state index in [1.165, 1.54) is 70.8 Å². The van der Waals surface area contributed by atoms with Crippen LogP contribution in [0.5, 0.6) is 0 Å². The lowest BCUT2D eigenvalue weighted by molar-refractivity contribution is 0.0780. The monoisotopic (exact) mass is 451 g/mol. The molecule has 0 amide bonds. The first kappa shape index (κ1) is 18.1. The summed E-state index contributed by atoms with van der Waals surface area (Å²) in [7, 11) is 0. The number of hydrogen-bond acceptors (Lipinski definition) is 2. The second kappa shape index (κ2) is 8.58. The van der Waals surface area contributed by atoms with Crippen LogP contribution in [0.4, 0.5) is 0 Å². The predicted octanol–water partition coefficient (Wildman–Crippen LogP) is 5.98. The third-order valence-electron chi connectivity index (χ3n) is 5.86. The number of halogens is 2. The van der Waals surface area contributed by atoms with E-state index in [4.69, 9.17) is 0 Å². The molecule has 3 fully saturated rings. The number of nitrogens with zero attached hydrogens (tertiary/aromatic N) is 1. The Kier molecular flexibility index (Phi) is 7.05. The summed E-state index contributed by atoms with van der Waals surface area (Å²) in [5.74, 6) is 0. The summed E-state index contributed by atoms with van der Waals surface area (Å²) >= 11 is 10.2. The first-order valence-corrected chi connectivity index (χ1v) is 12.2. The summed E-state index contributed by atoms with van der Waals surface area (Å²) in [5.41, 5.74) is 0. The van der Waals surface area contributed by atoms with Gasteiger partial charge in [-0.3, -0.25) is 4.90 Å². The summed E-state index contributed by atoms with van der Waals surface area (Å²) in [4.78, 5) is 4.52. The van der Waals surface area contributed by atoms with Gasteiger partial charge in [0.05, 0.1) is 0 Å². The van der Waals surface area contributed by atoms with Crippen LogP contribution in [0.1, 0.15) is 71.1 Å². The minimum Gasteiger partial charge on any atom is -0.295 e. The van der Waals surface area contributed by atoms with Crippen LogP contribution in [0.2, 0.25) is 0 Å². The van der Waals surface area contributed by atoms with E-state index in [0.29, 0.717) is 0 Å². The Morgan fingerprint density at radius 2 is 1.45 bits per heavy atom. The maximum Gasteiger partial charge on any atom is 0.0219 e. The van der Waals surface area contributed by atoms with Gasteiger partial charge in [-0.1, -0.05) is 58.0 Å².